The Hall–Kier alpha value is -1.87. The highest BCUT2D eigenvalue weighted by Crippen LogP contribution is 2.20. The van der Waals surface area contributed by atoms with Crippen LogP contribution >= 0.6 is 11.6 Å². The van der Waals surface area contributed by atoms with Crippen LogP contribution < -0.4 is 0 Å². The lowest BCUT2D eigenvalue weighted by Crippen LogP contribution is -1.85. The van der Waals surface area contributed by atoms with Crippen molar-refractivity contribution in [2.75, 3.05) is 0 Å². The molecule has 0 radical (unpaired) electrons. The average Bonchev–Trinajstić information content (AvgIpc) is 2.73. The Kier molecular flexibility index (Phi) is 2.11. The second-order valence-corrected chi connectivity index (χ2v) is 3.90. The largest absolute Gasteiger partial charge is 0.227 e. The molecule has 0 atom stereocenters. The maximum Gasteiger partial charge on any atom is 0.154 e. The van der Waals surface area contributed by atoms with E-state index in [-0.39, 0.29) is 0 Å². The number of hydrogen-bond donors (Lipinski definition) is 0. The van der Waals surface area contributed by atoms with Gasteiger partial charge in [-0.05, 0) is 24.3 Å². The lowest BCUT2D eigenvalue weighted by atomic mass is 10.2. The van der Waals surface area contributed by atoms with Crippen molar-refractivity contribution in [1.29, 1.82) is 0 Å². The quantitative estimate of drug-likeness (QED) is 0.642. The van der Waals surface area contributed by atoms with Crippen LogP contribution in [0.4, 0.5) is 0 Å². The van der Waals surface area contributed by atoms with Gasteiger partial charge in [-0.25, -0.2) is 9.50 Å². The van der Waals surface area contributed by atoms with E-state index >= 15 is 0 Å². The molecule has 0 saturated heterocycles. The Labute approximate surface area is 97.3 Å². The summed E-state index contributed by atoms with van der Waals surface area (Å²) in [7, 11) is 0. The monoisotopic (exact) mass is 229 g/mol. The van der Waals surface area contributed by atoms with Crippen LogP contribution in [0.3, 0.4) is 0 Å². The molecular weight excluding hydrogens is 222 g/mol. The number of hydrogen-bond acceptors (Lipinski definition) is 2. The molecule has 2 heterocycles. The van der Waals surface area contributed by atoms with Gasteiger partial charge in [0.1, 0.15) is 0 Å². The highest BCUT2D eigenvalue weighted by atomic mass is 35.5. The van der Waals surface area contributed by atoms with Crippen LogP contribution in [0.1, 0.15) is 0 Å². The van der Waals surface area contributed by atoms with Crippen molar-refractivity contribution in [3.8, 4) is 11.3 Å². The van der Waals surface area contributed by atoms with Crippen molar-refractivity contribution in [3.05, 3.63) is 53.8 Å². The Morgan fingerprint density at radius 1 is 1.06 bits per heavy atom. The summed E-state index contributed by atoms with van der Waals surface area (Å²) in [5.74, 6) is 0. The minimum Gasteiger partial charge on any atom is -0.227 e. The zero-order valence-corrected chi connectivity index (χ0v) is 9.09. The first-order valence-electron chi connectivity index (χ1n) is 4.89. The van der Waals surface area contributed by atoms with Crippen LogP contribution in [0.2, 0.25) is 5.02 Å². The van der Waals surface area contributed by atoms with Gasteiger partial charge in [-0.2, -0.15) is 5.10 Å². The van der Waals surface area contributed by atoms with Crippen molar-refractivity contribution in [2.45, 2.75) is 0 Å². The number of imidazole rings is 1. The summed E-state index contributed by atoms with van der Waals surface area (Å²) >= 11 is 5.84. The van der Waals surface area contributed by atoms with E-state index in [1.807, 2.05) is 42.6 Å². The zero-order valence-electron chi connectivity index (χ0n) is 8.34. The number of aromatic nitrogens is 3. The standard InChI is InChI=1S/C12H8ClN3/c13-10-5-3-9(4-6-10)11-8-16-12(15-11)2-1-7-14-16/h1-8H. The first-order valence-corrected chi connectivity index (χ1v) is 5.27. The van der Waals surface area contributed by atoms with Crippen LogP contribution in [0.25, 0.3) is 16.9 Å². The van der Waals surface area contributed by atoms with Gasteiger partial charge in [-0.3, -0.25) is 0 Å². The lowest BCUT2D eigenvalue weighted by molar-refractivity contribution is 0.936. The highest BCUT2D eigenvalue weighted by Gasteiger charge is 2.03. The number of nitrogens with zero attached hydrogens (tertiary/aromatic N) is 3. The summed E-state index contributed by atoms with van der Waals surface area (Å²) in [5.41, 5.74) is 2.78. The second kappa shape index (κ2) is 3.61. The molecule has 2 aromatic heterocycles. The second-order valence-electron chi connectivity index (χ2n) is 3.46. The maximum atomic E-state index is 5.84. The summed E-state index contributed by atoms with van der Waals surface area (Å²) in [6, 6.07) is 11.4. The van der Waals surface area contributed by atoms with Crippen LogP contribution in [-0.2, 0) is 0 Å². The maximum absolute atomic E-state index is 5.84. The van der Waals surface area contributed by atoms with Crippen molar-refractivity contribution in [3.63, 3.8) is 0 Å². The van der Waals surface area contributed by atoms with Gasteiger partial charge in [0.15, 0.2) is 5.65 Å². The van der Waals surface area contributed by atoms with Crippen molar-refractivity contribution in [2.24, 2.45) is 0 Å². The fourth-order valence-electron chi connectivity index (χ4n) is 1.59. The Morgan fingerprint density at radius 2 is 1.88 bits per heavy atom. The molecule has 1 aromatic carbocycles. The molecule has 0 unspecified atom stereocenters. The van der Waals surface area contributed by atoms with E-state index < -0.39 is 0 Å². The molecule has 0 spiro atoms. The molecular formula is C12H8ClN3. The molecule has 0 aliphatic carbocycles. The van der Waals surface area contributed by atoms with E-state index in [0.717, 1.165) is 21.9 Å². The third kappa shape index (κ3) is 1.55. The smallest absolute Gasteiger partial charge is 0.154 e. The summed E-state index contributed by atoms with van der Waals surface area (Å²) < 4.78 is 1.75. The van der Waals surface area contributed by atoms with Gasteiger partial charge in [0.2, 0.25) is 0 Å². The van der Waals surface area contributed by atoms with Crippen molar-refractivity contribution < 1.29 is 0 Å². The number of benzene rings is 1. The van der Waals surface area contributed by atoms with Gasteiger partial charge >= 0.3 is 0 Å². The summed E-state index contributed by atoms with van der Waals surface area (Å²) in [6.07, 6.45) is 3.64. The third-order valence-electron chi connectivity index (χ3n) is 2.38. The van der Waals surface area contributed by atoms with Gasteiger partial charge in [0.25, 0.3) is 0 Å². The zero-order chi connectivity index (χ0) is 11.0. The van der Waals surface area contributed by atoms with E-state index in [2.05, 4.69) is 10.1 Å². The van der Waals surface area contributed by atoms with E-state index in [1.165, 1.54) is 0 Å². The van der Waals surface area contributed by atoms with Gasteiger partial charge in [-0.15, -0.1) is 0 Å². The molecule has 0 amide bonds. The average molecular weight is 230 g/mol. The van der Waals surface area contributed by atoms with Crippen molar-refractivity contribution in [1.82, 2.24) is 14.6 Å². The molecule has 0 N–H and O–H groups in total. The fourth-order valence-corrected chi connectivity index (χ4v) is 1.72. The number of rotatable bonds is 1. The van der Waals surface area contributed by atoms with Crippen LogP contribution in [0.15, 0.2) is 48.8 Å². The molecule has 3 aromatic rings. The molecule has 4 heteroatoms. The molecule has 0 saturated carbocycles. The molecule has 0 aliphatic heterocycles. The first kappa shape index (κ1) is 9.36. The normalized spacial score (nSPS) is 10.8. The van der Waals surface area contributed by atoms with E-state index in [9.17, 15) is 0 Å². The molecule has 0 bridgehead atoms. The first-order chi connectivity index (χ1) is 7.83. The SMILES string of the molecule is Clc1ccc(-c2cn3ncccc3n2)cc1. The molecule has 3 rings (SSSR count). The van der Waals surface area contributed by atoms with Gasteiger partial charge in [-0.1, -0.05) is 23.7 Å². The molecule has 0 aliphatic rings. The highest BCUT2D eigenvalue weighted by molar-refractivity contribution is 6.30. The van der Waals surface area contributed by atoms with Gasteiger partial charge in [0, 0.05) is 16.8 Å². The minimum absolute atomic E-state index is 0.727. The van der Waals surface area contributed by atoms with E-state index in [1.54, 1.807) is 10.7 Å². The topological polar surface area (TPSA) is 30.2 Å². The predicted molar refractivity (Wildman–Crippen MR) is 63.4 cm³/mol. The van der Waals surface area contributed by atoms with Crippen LogP contribution in [0, 0.1) is 0 Å². The minimum atomic E-state index is 0.727. The summed E-state index contributed by atoms with van der Waals surface area (Å²) in [6.45, 7) is 0. The van der Waals surface area contributed by atoms with Gasteiger partial charge in [0.05, 0.1) is 11.9 Å². The van der Waals surface area contributed by atoms with Crippen LogP contribution in [-0.4, -0.2) is 14.6 Å². The lowest BCUT2D eigenvalue weighted by Gasteiger charge is -1.94. The summed E-state index contributed by atoms with van der Waals surface area (Å²) in [4.78, 5) is 4.47. The van der Waals surface area contributed by atoms with Crippen LogP contribution in [0.5, 0.6) is 0 Å². The number of halogens is 1. The molecule has 16 heavy (non-hydrogen) atoms. The molecule has 0 fully saturated rings. The van der Waals surface area contributed by atoms with Crippen molar-refractivity contribution >= 4 is 17.2 Å². The van der Waals surface area contributed by atoms with E-state index in [0.29, 0.717) is 0 Å². The third-order valence-corrected chi connectivity index (χ3v) is 2.63. The number of fused-ring (bicyclic) bond motifs is 1. The molecule has 3 nitrogen and oxygen atoms in total. The summed E-state index contributed by atoms with van der Waals surface area (Å²) in [5, 5.41) is 4.90. The fraction of sp³-hybridized carbons (Fsp3) is 0. The Bertz CT molecular complexity index is 595. The Morgan fingerprint density at radius 3 is 2.62 bits per heavy atom. The predicted octanol–water partition coefficient (Wildman–Crippen LogP) is 3.05. The Balaban J connectivity index is 2.15. The molecule has 78 valence electrons. The van der Waals surface area contributed by atoms with Gasteiger partial charge < -0.3 is 0 Å². The van der Waals surface area contributed by atoms with E-state index in [4.69, 9.17) is 11.6 Å².